The molecule has 2 nitrogen and oxygen atoms in total. The van der Waals surface area contributed by atoms with E-state index in [0.29, 0.717) is 11.3 Å². The summed E-state index contributed by atoms with van der Waals surface area (Å²) in [6.07, 6.45) is 7.05. The van der Waals surface area contributed by atoms with E-state index in [1.807, 2.05) is 0 Å². The van der Waals surface area contributed by atoms with Gasteiger partial charge < -0.3 is 0 Å². The Morgan fingerprint density at radius 1 is 1.05 bits per heavy atom. The normalized spacial score (nSPS) is 26.7. The van der Waals surface area contributed by atoms with Gasteiger partial charge in [-0.2, -0.15) is 12.6 Å². The maximum atomic E-state index is 4.57. The van der Waals surface area contributed by atoms with Crippen molar-refractivity contribution < 1.29 is 0 Å². The molecule has 2 unspecified atom stereocenters. The van der Waals surface area contributed by atoms with Gasteiger partial charge in [-0.25, -0.2) is 0 Å². The van der Waals surface area contributed by atoms with Crippen LogP contribution in [0.4, 0.5) is 0 Å². The van der Waals surface area contributed by atoms with Crippen molar-refractivity contribution in [3.05, 3.63) is 12.2 Å². The second-order valence-corrected chi connectivity index (χ2v) is 8.64. The maximum Gasteiger partial charge on any atom is 0.0499 e. The zero-order chi connectivity index (χ0) is 16.1. The molecule has 0 aromatic heterocycles. The number of nitrogens with zero attached hydrogens (tertiary/aromatic N) is 2. The van der Waals surface area contributed by atoms with Crippen molar-refractivity contribution in [2.45, 2.75) is 58.2 Å². The molecule has 2 aliphatic rings. The fourth-order valence-electron chi connectivity index (χ4n) is 3.81. The number of piperidine rings is 1. The van der Waals surface area contributed by atoms with Crippen molar-refractivity contribution in [3.8, 4) is 0 Å². The molecule has 0 saturated carbocycles. The standard InChI is InChI=1S/C19H36N2S/c1-15(2)16(3)13-20-10-7-18(8-11-20)5-6-19-9-12-21(14-19)17(4)22/h15,17-19,22H,3,5-14H2,1-2,4H3. The lowest BCUT2D eigenvalue weighted by Gasteiger charge is -2.33. The number of hydrogen-bond acceptors (Lipinski definition) is 3. The molecule has 0 aliphatic carbocycles. The van der Waals surface area contributed by atoms with E-state index in [4.69, 9.17) is 0 Å². The van der Waals surface area contributed by atoms with Gasteiger partial charge in [0.15, 0.2) is 0 Å². The first-order valence-electron chi connectivity index (χ1n) is 9.27. The van der Waals surface area contributed by atoms with E-state index >= 15 is 0 Å². The molecule has 128 valence electrons. The van der Waals surface area contributed by atoms with E-state index in [0.717, 1.165) is 18.4 Å². The van der Waals surface area contributed by atoms with Crippen LogP contribution in [0.15, 0.2) is 12.2 Å². The van der Waals surface area contributed by atoms with Crippen molar-refractivity contribution in [1.29, 1.82) is 0 Å². The molecule has 22 heavy (non-hydrogen) atoms. The topological polar surface area (TPSA) is 6.48 Å². The highest BCUT2D eigenvalue weighted by atomic mass is 32.1. The SMILES string of the molecule is C=C(CN1CCC(CCC2CCN(C(C)S)C2)CC1)C(C)C. The summed E-state index contributed by atoms with van der Waals surface area (Å²) in [7, 11) is 0. The lowest BCUT2D eigenvalue weighted by Crippen LogP contribution is -2.35. The van der Waals surface area contributed by atoms with Crippen LogP contribution >= 0.6 is 12.6 Å². The highest BCUT2D eigenvalue weighted by Gasteiger charge is 2.26. The zero-order valence-corrected chi connectivity index (χ0v) is 15.8. The van der Waals surface area contributed by atoms with Crippen LogP contribution in [0, 0.1) is 17.8 Å². The quantitative estimate of drug-likeness (QED) is 0.551. The third kappa shape index (κ3) is 5.58. The van der Waals surface area contributed by atoms with Gasteiger partial charge in [-0.1, -0.05) is 32.4 Å². The molecular weight excluding hydrogens is 288 g/mol. The molecule has 0 spiro atoms. The van der Waals surface area contributed by atoms with Crippen molar-refractivity contribution in [2.75, 3.05) is 32.7 Å². The van der Waals surface area contributed by atoms with Crippen LogP contribution in [0.3, 0.4) is 0 Å². The summed E-state index contributed by atoms with van der Waals surface area (Å²) in [5, 5.41) is 0.433. The predicted octanol–water partition coefficient (Wildman–Crippen LogP) is 4.29. The van der Waals surface area contributed by atoms with Crippen LogP contribution in [-0.2, 0) is 0 Å². The lowest BCUT2D eigenvalue weighted by atomic mass is 9.88. The molecular formula is C19H36N2S. The highest BCUT2D eigenvalue weighted by Crippen LogP contribution is 2.29. The molecule has 3 heteroatoms. The first-order chi connectivity index (χ1) is 10.5. The summed E-state index contributed by atoms with van der Waals surface area (Å²) in [4.78, 5) is 5.13. The molecule has 2 atom stereocenters. The van der Waals surface area contributed by atoms with Gasteiger partial charge in [0.25, 0.3) is 0 Å². The maximum absolute atomic E-state index is 4.57. The van der Waals surface area contributed by atoms with E-state index in [-0.39, 0.29) is 0 Å². The Hall–Kier alpha value is 0.0100. The fourth-order valence-corrected chi connectivity index (χ4v) is 4.02. The van der Waals surface area contributed by atoms with Crippen LogP contribution in [0.25, 0.3) is 0 Å². The van der Waals surface area contributed by atoms with Crippen molar-refractivity contribution >= 4 is 12.6 Å². The van der Waals surface area contributed by atoms with Gasteiger partial charge in [-0.05, 0) is 70.0 Å². The predicted molar refractivity (Wildman–Crippen MR) is 101 cm³/mol. The van der Waals surface area contributed by atoms with Crippen LogP contribution in [0.5, 0.6) is 0 Å². The molecule has 2 aliphatic heterocycles. The van der Waals surface area contributed by atoms with Gasteiger partial charge >= 0.3 is 0 Å². The van der Waals surface area contributed by atoms with Crippen molar-refractivity contribution in [2.24, 2.45) is 17.8 Å². The summed E-state index contributed by atoms with van der Waals surface area (Å²) in [6, 6.07) is 0. The fraction of sp³-hybridized carbons (Fsp3) is 0.895. The van der Waals surface area contributed by atoms with E-state index in [1.54, 1.807) is 0 Å². The summed E-state index contributed by atoms with van der Waals surface area (Å²) < 4.78 is 0. The third-order valence-electron chi connectivity index (χ3n) is 5.78. The molecule has 2 saturated heterocycles. The lowest BCUT2D eigenvalue weighted by molar-refractivity contribution is 0.182. The molecule has 0 radical (unpaired) electrons. The first-order valence-corrected chi connectivity index (χ1v) is 9.79. The third-order valence-corrected chi connectivity index (χ3v) is 6.11. The Morgan fingerprint density at radius 2 is 1.64 bits per heavy atom. The van der Waals surface area contributed by atoms with Gasteiger partial charge in [0.05, 0.1) is 0 Å². The Balaban J connectivity index is 1.61. The summed E-state index contributed by atoms with van der Waals surface area (Å²) in [5.41, 5.74) is 1.39. The first kappa shape index (κ1) is 18.4. The van der Waals surface area contributed by atoms with E-state index in [1.165, 1.54) is 63.9 Å². The molecule has 0 bridgehead atoms. The van der Waals surface area contributed by atoms with Crippen molar-refractivity contribution in [1.82, 2.24) is 9.80 Å². The zero-order valence-electron chi connectivity index (χ0n) is 14.9. The van der Waals surface area contributed by atoms with Crippen LogP contribution < -0.4 is 0 Å². The molecule has 2 rings (SSSR count). The van der Waals surface area contributed by atoms with Gasteiger partial charge in [-0.15, -0.1) is 0 Å². The van der Waals surface area contributed by atoms with E-state index in [2.05, 4.69) is 49.8 Å². The number of rotatable bonds is 7. The molecule has 0 amide bonds. The number of hydrogen-bond donors (Lipinski definition) is 1. The average molecular weight is 325 g/mol. The van der Waals surface area contributed by atoms with Crippen molar-refractivity contribution in [3.63, 3.8) is 0 Å². The smallest absolute Gasteiger partial charge is 0.0499 e. The van der Waals surface area contributed by atoms with E-state index in [9.17, 15) is 0 Å². The van der Waals surface area contributed by atoms with Crippen LogP contribution in [0.1, 0.15) is 52.9 Å². The Bertz CT molecular complexity index is 345. The molecule has 0 aromatic carbocycles. The summed E-state index contributed by atoms with van der Waals surface area (Å²) in [5.74, 6) is 2.51. The van der Waals surface area contributed by atoms with Gasteiger partial charge in [0.1, 0.15) is 0 Å². The number of likely N-dealkylation sites (tertiary alicyclic amines) is 2. The Morgan fingerprint density at radius 3 is 2.18 bits per heavy atom. The van der Waals surface area contributed by atoms with Gasteiger partial charge in [0, 0.05) is 18.5 Å². The largest absolute Gasteiger partial charge is 0.299 e. The molecule has 2 heterocycles. The van der Waals surface area contributed by atoms with Crippen LogP contribution in [-0.4, -0.2) is 47.9 Å². The van der Waals surface area contributed by atoms with Gasteiger partial charge in [-0.3, -0.25) is 9.80 Å². The van der Waals surface area contributed by atoms with Crippen LogP contribution in [0.2, 0.25) is 0 Å². The summed E-state index contributed by atoms with van der Waals surface area (Å²) in [6.45, 7) is 17.1. The molecule has 0 aromatic rings. The highest BCUT2D eigenvalue weighted by molar-refractivity contribution is 7.80. The second-order valence-electron chi connectivity index (χ2n) is 7.89. The minimum absolute atomic E-state index is 0.433. The molecule has 2 fully saturated rings. The monoisotopic (exact) mass is 324 g/mol. The Labute approximate surface area is 143 Å². The average Bonchev–Trinajstić information content (AvgIpc) is 2.95. The van der Waals surface area contributed by atoms with E-state index < -0.39 is 0 Å². The van der Waals surface area contributed by atoms with Gasteiger partial charge in [0.2, 0.25) is 0 Å². The number of thiol groups is 1. The minimum Gasteiger partial charge on any atom is -0.299 e. The second kappa shape index (κ2) is 8.75. The minimum atomic E-state index is 0.433. The Kier molecular flexibility index (Phi) is 7.30. The molecule has 0 N–H and O–H groups in total. The summed E-state index contributed by atoms with van der Waals surface area (Å²) >= 11 is 4.57.